The third-order valence-electron chi connectivity index (χ3n) is 3.18. The van der Waals surface area contributed by atoms with Crippen LogP contribution in [-0.2, 0) is 4.74 Å². The van der Waals surface area contributed by atoms with Crippen LogP contribution in [0, 0.1) is 0 Å². The fraction of sp³-hybridized carbons (Fsp3) is 0.111. The highest BCUT2D eigenvalue weighted by molar-refractivity contribution is 6.04. The van der Waals surface area contributed by atoms with E-state index in [0.29, 0.717) is 22.6 Å². The molecule has 5 heteroatoms. The number of carbonyl (C=O) groups excluding carboxylic acids is 2. The lowest BCUT2D eigenvalue weighted by molar-refractivity contribution is 0.0601. The van der Waals surface area contributed by atoms with E-state index in [9.17, 15) is 9.59 Å². The standard InChI is InChI=1S/C18H17NO4/c1-22-14-9-7-13(8-10-14)17(20)11-12-19-16-6-4-3-5-15(16)18(21)23-2/h3-12,19H,1-2H3/b12-11+. The zero-order valence-corrected chi connectivity index (χ0v) is 12.9. The highest BCUT2D eigenvalue weighted by Gasteiger charge is 2.09. The molecule has 0 spiro atoms. The zero-order valence-electron chi connectivity index (χ0n) is 12.9. The molecule has 0 fully saturated rings. The Labute approximate surface area is 134 Å². The van der Waals surface area contributed by atoms with Crippen molar-refractivity contribution in [3.05, 3.63) is 71.9 Å². The van der Waals surface area contributed by atoms with Gasteiger partial charge in [-0.25, -0.2) is 4.79 Å². The maximum Gasteiger partial charge on any atom is 0.339 e. The van der Waals surface area contributed by atoms with Crippen molar-refractivity contribution < 1.29 is 19.1 Å². The lowest BCUT2D eigenvalue weighted by atomic mass is 10.1. The Hall–Kier alpha value is -3.08. The summed E-state index contributed by atoms with van der Waals surface area (Å²) in [5.41, 5.74) is 1.51. The van der Waals surface area contributed by atoms with Crippen molar-refractivity contribution in [1.82, 2.24) is 0 Å². The second-order valence-corrected chi connectivity index (χ2v) is 4.61. The Morgan fingerprint density at radius 2 is 1.70 bits per heavy atom. The summed E-state index contributed by atoms with van der Waals surface area (Å²) < 4.78 is 9.76. The topological polar surface area (TPSA) is 64.6 Å². The van der Waals surface area contributed by atoms with Gasteiger partial charge in [-0.2, -0.15) is 0 Å². The first-order valence-corrected chi connectivity index (χ1v) is 6.94. The molecular formula is C18H17NO4. The number of anilines is 1. The van der Waals surface area contributed by atoms with Gasteiger partial charge in [-0.15, -0.1) is 0 Å². The largest absolute Gasteiger partial charge is 0.497 e. The van der Waals surface area contributed by atoms with Gasteiger partial charge in [-0.3, -0.25) is 4.79 Å². The van der Waals surface area contributed by atoms with Gasteiger partial charge < -0.3 is 14.8 Å². The number of hydrogen-bond acceptors (Lipinski definition) is 5. The van der Waals surface area contributed by atoms with Crippen LogP contribution in [0.15, 0.2) is 60.8 Å². The molecule has 0 aliphatic heterocycles. The van der Waals surface area contributed by atoms with Crippen molar-refractivity contribution in [1.29, 1.82) is 0 Å². The van der Waals surface area contributed by atoms with Gasteiger partial charge >= 0.3 is 5.97 Å². The molecule has 0 aromatic heterocycles. The Balaban J connectivity index is 2.06. The van der Waals surface area contributed by atoms with Crippen molar-refractivity contribution in [2.45, 2.75) is 0 Å². The molecule has 0 radical (unpaired) electrons. The smallest absolute Gasteiger partial charge is 0.339 e. The third kappa shape index (κ3) is 4.20. The van der Waals surface area contributed by atoms with Gasteiger partial charge in [0.15, 0.2) is 5.78 Å². The van der Waals surface area contributed by atoms with Crippen molar-refractivity contribution in [3.8, 4) is 5.75 Å². The lowest BCUT2D eigenvalue weighted by Gasteiger charge is -2.06. The Morgan fingerprint density at radius 3 is 2.35 bits per heavy atom. The minimum atomic E-state index is -0.442. The number of allylic oxidation sites excluding steroid dienone is 1. The van der Waals surface area contributed by atoms with Crippen molar-refractivity contribution >= 4 is 17.4 Å². The number of carbonyl (C=O) groups is 2. The van der Waals surface area contributed by atoms with Gasteiger partial charge in [0, 0.05) is 17.8 Å². The Bertz CT molecular complexity index is 720. The molecule has 2 aromatic carbocycles. The first-order chi connectivity index (χ1) is 11.2. The Kier molecular flexibility index (Phi) is 5.52. The van der Waals surface area contributed by atoms with Gasteiger partial charge in [0.25, 0.3) is 0 Å². The second kappa shape index (κ2) is 7.79. The van der Waals surface area contributed by atoms with Crippen LogP contribution >= 0.6 is 0 Å². The van der Waals surface area contributed by atoms with E-state index < -0.39 is 5.97 Å². The molecule has 2 rings (SSSR count). The minimum Gasteiger partial charge on any atom is -0.497 e. The first-order valence-electron chi connectivity index (χ1n) is 6.94. The molecule has 0 aliphatic carbocycles. The number of esters is 1. The summed E-state index contributed by atoms with van der Waals surface area (Å²) in [5, 5.41) is 2.92. The average molecular weight is 311 g/mol. The predicted molar refractivity (Wildman–Crippen MR) is 87.9 cm³/mol. The number of nitrogens with one attached hydrogen (secondary N) is 1. The van der Waals surface area contributed by atoms with E-state index in [2.05, 4.69) is 5.32 Å². The van der Waals surface area contributed by atoms with Crippen LogP contribution in [0.25, 0.3) is 0 Å². The minimum absolute atomic E-state index is 0.157. The van der Waals surface area contributed by atoms with Crippen LogP contribution in [-0.4, -0.2) is 26.0 Å². The lowest BCUT2D eigenvalue weighted by Crippen LogP contribution is -2.05. The van der Waals surface area contributed by atoms with E-state index in [4.69, 9.17) is 9.47 Å². The molecule has 0 heterocycles. The summed E-state index contributed by atoms with van der Waals surface area (Å²) in [6, 6.07) is 13.7. The van der Waals surface area contributed by atoms with Gasteiger partial charge in [-0.1, -0.05) is 12.1 Å². The van der Waals surface area contributed by atoms with Crippen LogP contribution in [0.3, 0.4) is 0 Å². The fourth-order valence-corrected chi connectivity index (χ4v) is 1.96. The summed E-state index contributed by atoms with van der Waals surface area (Å²) in [6.07, 6.45) is 2.89. The average Bonchev–Trinajstić information content (AvgIpc) is 2.61. The van der Waals surface area contributed by atoms with Crippen LogP contribution in [0.5, 0.6) is 5.75 Å². The van der Waals surface area contributed by atoms with Crippen LogP contribution in [0.2, 0.25) is 0 Å². The molecule has 0 unspecified atom stereocenters. The molecule has 0 saturated heterocycles. The van der Waals surface area contributed by atoms with E-state index >= 15 is 0 Å². The van der Waals surface area contributed by atoms with E-state index in [0.717, 1.165) is 0 Å². The second-order valence-electron chi connectivity index (χ2n) is 4.61. The predicted octanol–water partition coefficient (Wildman–Crippen LogP) is 3.29. The number of hydrogen-bond donors (Lipinski definition) is 1. The highest BCUT2D eigenvalue weighted by Crippen LogP contribution is 2.16. The van der Waals surface area contributed by atoms with Crippen molar-refractivity contribution in [3.63, 3.8) is 0 Å². The third-order valence-corrected chi connectivity index (χ3v) is 3.18. The summed E-state index contributed by atoms with van der Waals surface area (Å²) in [6.45, 7) is 0. The summed E-state index contributed by atoms with van der Waals surface area (Å²) in [7, 11) is 2.89. The number of benzene rings is 2. The maximum atomic E-state index is 12.1. The van der Waals surface area contributed by atoms with Crippen LogP contribution < -0.4 is 10.1 Å². The fourth-order valence-electron chi connectivity index (χ4n) is 1.96. The highest BCUT2D eigenvalue weighted by atomic mass is 16.5. The van der Waals surface area contributed by atoms with E-state index in [1.54, 1.807) is 55.6 Å². The number of ether oxygens (including phenoxy) is 2. The molecule has 0 saturated carbocycles. The van der Waals surface area contributed by atoms with Crippen LogP contribution in [0.4, 0.5) is 5.69 Å². The van der Waals surface area contributed by atoms with Gasteiger partial charge in [0.2, 0.25) is 0 Å². The summed E-state index contributed by atoms with van der Waals surface area (Å²) >= 11 is 0. The normalized spacial score (nSPS) is 10.3. The van der Waals surface area contributed by atoms with Crippen LogP contribution in [0.1, 0.15) is 20.7 Å². The molecule has 0 amide bonds. The molecule has 5 nitrogen and oxygen atoms in total. The van der Waals surface area contributed by atoms with Crippen molar-refractivity contribution in [2.24, 2.45) is 0 Å². The molecule has 23 heavy (non-hydrogen) atoms. The van der Waals surface area contributed by atoms with E-state index in [1.165, 1.54) is 19.4 Å². The molecule has 1 N–H and O–H groups in total. The molecule has 0 aliphatic rings. The number of ketones is 1. The molecule has 118 valence electrons. The maximum absolute atomic E-state index is 12.1. The summed E-state index contributed by atoms with van der Waals surface area (Å²) in [4.78, 5) is 23.7. The first kappa shape index (κ1) is 16.3. The van der Waals surface area contributed by atoms with Crippen molar-refractivity contribution in [2.75, 3.05) is 19.5 Å². The van der Waals surface area contributed by atoms with Gasteiger partial charge in [-0.05, 0) is 36.4 Å². The van der Waals surface area contributed by atoms with Gasteiger partial charge in [0.1, 0.15) is 5.75 Å². The molecule has 0 atom stereocenters. The number of para-hydroxylation sites is 1. The molecular weight excluding hydrogens is 294 g/mol. The van der Waals surface area contributed by atoms with E-state index in [-0.39, 0.29) is 5.78 Å². The number of rotatable bonds is 6. The van der Waals surface area contributed by atoms with Gasteiger partial charge in [0.05, 0.1) is 25.5 Å². The summed E-state index contributed by atoms with van der Waals surface area (Å²) in [5.74, 6) is 0.0920. The molecule has 2 aromatic rings. The number of methoxy groups -OCH3 is 2. The zero-order chi connectivity index (χ0) is 16.7. The molecule has 0 bridgehead atoms. The quantitative estimate of drug-likeness (QED) is 0.504. The monoisotopic (exact) mass is 311 g/mol. The van der Waals surface area contributed by atoms with E-state index in [1.807, 2.05) is 0 Å². The Morgan fingerprint density at radius 1 is 1.00 bits per heavy atom. The SMILES string of the molecule is COC(=O)c1ccccc1N/C=C/C(=O)c1ccc(OC)cc1.